The Kier molecular flexibility index (Phi) is 11.3. The van der Waals surface area contributed by atoms with Crippen molar-refractivity contribution < 1.29 is 33.6 Å². The molecule has 0 spiro atoms. The van der Waals surface area contributed by atoms with Gasteiger partial charge in [0.25, 0.3) is 5.91 Å². The van der Waals surface area contributed by atoms with Crippen LogP contribution in [-0.4, -0.2) is 69.3 Å². The van der Waals surface area contributed by atoms with E-state index in [4.69, 9.17) is 4.84 Å². The average Bonchev–Trinajstić information content (AvgIpc) is 3.02. The molecule has 0 N–H and O–H groups in total. The standard InChI is InChI=1S/C28H46N2O7S/c1-19(32)27(6,7)16-26(4,5)18-38-20-14-22(34)30(24(20)36)28(8,9)17-25(2,3)15-23(35)37-29(10)21(33)12-11-13-31/h13,20H,11-12,14-18H2,1-10H3. The van der Waals surface area contributed by atoms with Crippen molar-refractivity contribution in [1.82, 2.24) is 9.96 Å². The highest BCUT2D eigenvalue weighted by atomic mass is 32.2. The van der Waals surface area contributed by atoms with Crippen LogP contribution >= 0.6 is 11.8 Å². The average molecular weight is 555 g/mol. The fraction of sp³-hybridized carbons (Fsp3) is 0.786. The maximum Gasteiger partial charge on any atom is 0.333 e. The van der Waals surface area contributed by atoms with Crippen molar-refractivity contribution in [1.29, 1.82) is 0 Å². The molecule has 1 rings (SSSR count). The molecule has 0 radical (unpaired) electrons. The highest BCUT2D eigenvalue weighted by Crippen LogP contribution is 2.42. The molecule has 3 amide bonds. The summed E-state index contributed by atoms with van der Waals surface area (Å²) < 4.78 is 0. The van der Waals surface area contributed by atoms with Gasteiger partial charge in [-0.25, -0.2) is 4.79 Å². The van der Waals surface area contributed by atoms with Crippen LogP contribution in [-0.2, 0) is 33.6 Å². The molecule has 216 valence electrons. The Morgan fingerprint density at radius 2 is 1.61 bits per heavy atom. The summed E-state index contributed by atoms with van der Waals surface area (Å²) in [5.74, 6) is -0.802. The number of likely N-dealkylation sites (tertiary alicyclic amines) is 1. The number of hydrogen-bond donors (Lipinski definition) is 0. The molecule has 1 saturated heterocycles. The number of carbonyl (C=O) groups is 6. The molecule has 0 aromatic heterocycles. The summed E-state index contributed by atoms with van der Waals surface area (Å²) in [6.45, 7) is 16.9. The van der Waals surface area contributed by atoms with Crippen LogP contribution in [0.5, 0.6) is 0 Å². The molecule has 1 heterocycles. The Hall–Kier alpha value is -2.23. The second-order valence-electron chi connectivity index (χ2n) is 13.2. The van der Waals surface area contributed by atoms with Crippen molar-refractivity contribution in [2.24, 2.45) is 16.2 Å². The third-order valence-electron chi connectivity index (χ3n) is 6.86. The fourth-order valence-corrected chi connectivity index (χ4v) is 6.61. The van der Waals surface area contributed by atoms with E-state index in [1.807, 2.05) is 41.5 Å². The number of rotatable bonds is 14. The number of ketones is 1. The molecular formula is C28H46N2O7S. The molecule has 1 aliphatic heterocycles. The minimum atomic E-state index is -0.842. The molecule has 1 unspecified atom stereocenters. The van der Waals surface area contributed by atoms with E-state index in [2.05, 4.69) is 13.8 Å². The van der Waals surface area contributed by atoms with Crippen LogP contribution in [0.2, 0.25) is 0 Å². The van der Waals surface area contributed by atoms with Crippen LogP contribution < -0.4 is 0 Å². The molecule has 0 saturated carbocycles. The van der Waals surface area contributed by atoms with Crippen LogP contribution in [0.25, 0.3) is 0 Å². The third kappa shape index (κ3) is 9.82. The Morgan fingerprint density at radius 1 is 1.03 bits per heavy atom. The molecule has 38 heavy (non-hydrogen) atoms. The number of amides is 3. The van der Waals surface area contributed by atoms with Gasteiger partial charge in [0, 0.05) is 37.3 Å². The van der Waals surface area contributed by atoms with Crippen LogP contribution in [0.1, 0.15) is 101 Å². The number of nitrogens with zero attached hydrogens (tertiary/aromatic N) is 2. The van der Waals surface area contributed by atoms with E-state index < -0.39 is 33.5 Å². The van der Waals surface area contributed by atoms with E-state index in [-0.39, 0.29) is 48.7 Å². The Bertz CT molecular complexity index is 939. The van der Waals surface area contributed by atoms with Gasteiger partial charge in [0.05, 0.1) is 11.7 Å². The van der Waals surface area contributed by atoms with E-state index in [9.17, 15) is 28.8 Å². The summed E-state index contributed by atoms with van der Waals surface area (Å²) in [5.41, 5.74) is -2.14. The molecular weight excluding hydrogens is 508 g/mol. The lowest BCUT2D eigenvalue weighted by atomic mass is 9.74. The third-order valence-corrected chi connectivity index (χ3v) is 8.58. The highest BCUT2D eigenvalue weighted by molar-refractivity contribution is 8.00. The van der Waals surface area contributed by atoms with Gasteiger partial charge in [-0.05, 0) is 50.2 Å². The lowest BCUT2D eigenvalue weighted by Gasteiger charge is -2.40. The molecule has 10 heteroatoms. The minimum Gasteiger partial charge on any atom is -0.338 e. The van der Waals surface area contributed by atoms with Crippen molar-refractivity contribution in [3.05, 3.63) is 0 Å². The maximum atomic E-state index is 13.4. The van der Waals surface area contributed by atoms with E-state index >= 15 is 0 Å². The number of imide groups is 1. The van der Waals surface area contributed by atoms with Crippen molar-refractivity contribution in [3.8, 4) is 0 Å². The van der Waals surface area contributed by atoms with Crippen LogP contribution in [0, 0.1) is 16.2 Å². The zero-order valence-corrected chi connectivity index (χ0v) is 25.6. The van der Waals surface area contributed by atoms with Gasteiger partial charge < -0.3 is 9.63 Å². The first-order chi connectivity index (χ1) is 17.1. The lowest BCUT2D eigenvalue weighted by Crippen LogP contribution is -2.50. The van der Waals surface area contributed by atoms with Crippen LogP contribution in [0.15, 0.2) is 0 Å². The second-order valence-corrected chi connectivity index (χ2v) is 14.4. The summed E-state index contributed by atoms with van der Waals surface area (Å²) in [5, 5.41) is 0.349. The number of hydrogen-bond acceptors (Lipinski definition) is 8. The van der Waals surface area contributed by atoms with Gasteiger partial charge in [-0.15, -0.1) is 11.8 Å². The molecule has 1 fully saturated rings. The number of carbonyl (C=O) groups excluding carboxylic acids is 6. The molecule has 9 nitrogen and oxygen atoms in total. The Morgan fingerprint density at radius 3 is 2.13 bits per heavy atom. The number of hydroxylamine groups is 2. The molecule has 0 aliphatic carbocycles. The molecule has 0 aromatic rings. The van der Waals surface area contributed by atoms with Gasteiger partial charge >= 0.3 is 5.97 Å². The quantitative estimate of drug-likeness (QED) is 0.177. The fourth-order valence-electron chi connectivity index (χ4n) is 5.35. The van der Waals surface area contributed by atoms with E-state index in [1.54, 1.807) is 6.92 Å². The van der Waals surface area contributed by atoms with Gasteiger partial charge in [-0.3, -0.25) is 24.1 Å². The van der Waals surface area contributed by atoms with Crippen molar-refractivity contribution >= 4 is 47.5 Å². The Balaban J connectivity index is 2.81. The SMILES string of the molecule is CC(=O)C(C)(C)CC(C)(C)CSC1CC(=O)N(C(C)(C)CC(C)(C)CC(=O)ON(C)C(=O)CCC=O)C1=O. The molecule has 0 aromatic carbocycles. The second kappa shape index (κ2) is 12.7. The first-order valence-electron chi connectivity index (χ1n) is 13.0. The summed E-state index contributed by atoms with van der Waals surface area (Å²) >= 11 is 1.46. The number of aldehydes is 1. The van der Waals surface area contributed by atoms with E-state index in [1.165, 1.54) is 23.7 Å². The summed E-state index contributed by atoms with van der Waals surface area (Å²) in [7, 11) is 1.32. The molecule has 1 atom stereocenters. The van der Waals surface area contributed by atoms with Gasteiger partial charge in [0.2, 0.25) is 11.8 Å². The monoisotopic (exact) mass is 554 g/mol. The summed E-state index contributed by atoms with van der Waals surface area (Å²) in [4.78, 5) is 79.6. The summed E-state index contributed by atoms with van der Waals surface area (Å²) in [6.07, 6.45) is 1.74. The Labute approximate surface area is 231 Å². The van der Waals surface area contributed by atoms with Crippen molar-refractivity contribution in [3.63, 3.8) is 0 Å². The lowest BCUT2D eigenvalue weighted by molar-refractivity contribution is -0.194. The van der Waals surface area contributed by atoms with Crippen LogP contribution in [0.3, 0.4) is 0 Å². The predicted molar refractivity (Wildman–Crippen MR) is 147 cm³/mol. The van der Waals surface area contributed by atoms with Gasteiger partial charge in [-0.1, -0.05) is 41.5 Å². The highest BCUT2D eigenvalue weighted by Gasteiger charge is 2.48. The zero-order chi connectivity index (χ0) is 29.7. The summed E-state index contributed by atoms with van der Waals surface area (Å²) in [6, 6.07) is 0. The minimum absolute atomic E-state index is 0.0315. The predicted octanol–water partition coefficient (Wildman–Crippen LogP) is 4.36. The number of thioether (sulfide) groups is 1. The first-order valence-corrected chi connectivity index (χ1v) is 14.1. The van der Waals surface area contributed by atoms with E-state index in [0.717, 1.165) is 5.06 Å². The maximum absolute atomic E-state index is 13.4. The molecule has 0 bridgehead atoms. The van der Waals surface area contributed by atoms with Gasteiger partial charge in [-0.2, -0.15) is 5.06 Å². The smallest absolute Gasteiger partial charge is 0.333 e. The normalized spacial score (nSPS) is 17.0. The first kappa shape index (κ1) is 33.8. The van der Waals surface area contributed by atoms with Crippen molar-refractivity contribution in [2.75, 3.05) is 12.8 Å². The molecule has 1 aliphatic rings. The van der Waals surface area contributed by atoms with E-state index in [0.29, 0.717) is 24.9 Å². The van der Waals surface area contributed by atoms with Crippen LogP contribution in [0.4, 0.5) is 0 Å². The van der Waals surface area contributed by atoms with Crippen molar-refractivity contribution in [2.45, 2.75) is 112 Å². The topological polar surface area (TPSA) is 118 Å². The van der Waals surface area contributed by atoms with Gasteiger partial charge in [0.15, 0.2) is 0 Å². The zero-order valence-electron chi connectivity index (χ0n) is 24.8. The number of Topliss-reactive ketones (excluding diaryl/α,β-unsaturated/α-hetero) is 1. The van der Waals surface area contributed by atoms with Gasteiger partial charge in [0.1, 0.15) is 12.1 Å². The largest absolute Gasteiger partial charge is 0.338 e.